The summed E-state index contributed by atoms with van der Waals surface area (Å²) in [6.45, 7) is 10.2. The van der Waals surface area contributed by atoms with Gasteiger partial charge in [-0.25, -0.2) is 8.42 Å². The van der Waals surface area contributed by atoms with Gasteiger partial charge in [-0.2, -0.15) is 9.40 Å². The van der Waals surface area contributed by atoms with E-state index in [4.69, 9.17) is 0 Å². The number of nitrogens with one attached hydrogen (secondary N) is 2. The molecule has 1 aliphatic rings. The first-order chi connectivity index (χ1) is 9.95. The molecule has 8 heteroatoms. The number of nitrogens with zero attached hydrogens (tertiary/aromatic N) is 3. The van der Waals surface area contributed by atoms with E-state index in [0.717, 1.165) is 19.6 Å². The molecule has 0 unspecified atom stereocenters. The summed E-state index contributed by atoms with van der Waals surface area (Å²) < 4.78 is 27.0. The Kier molecular flexibility index (Phi) is 5.37. The maximum absolute atomic E-state index is 12.7. The van der Waals surface area contributed by atoms with E-state index in [1.807, 2.05) is 13.8 Å². The van der Waals surface area contributed by atoms with Gasteiger partial charge in [0, 0.05) is 44.3 Å². The Morgan fingerprint density at radius 2 is 2.00 bits per heavy atom. The van der Waals surface area contributed by atoms with E-state index in [1.165, 1.54) is 0 Å². The fourth-order valence-electron chi connectivity index (χ4n) is 2.38. The summed E-state index contributed by atoms with van der Waals surface area (Å²) in [6.07, 6.45) is 1.59. The molecule has 0 saturated carbocycles. The number of rotatable bonds is 6. The van der Waals surface area contributed by atoms with Crippen molar-refractivity contribution in [2.45, 2.75) is 38.4 Å². The van der Waals surface area contributed by atoms with Gasteiger partial charge in [0.2, 0.25) is 0 Å². The number of H-pyrrole nitrogens is 1. The van der Waals surface area contributed by atoms with Crippen LogP contribution < -0.4 is 5.32 Å². The first-order valence-corrected chi connectivity index (χ1v) is 8.87. The van der Waals surface area contributed by atoms with Gasteiger partial charge in [-0.1, -0.05) is 20.8 Å². The van der Waals surface area contributed by atoms with Crippen molar-refractivity contribution in [3.05, 3.63) is 11.8 Å². The van der Waals surface area contributed by atoms with E-state index < -0.39 is 10.0 Å². The second-order valence-electron chi connectivity index (χ2n) is 5.60. The molecular weight excluding hydrogens is 290 g/mol. The molecule has 0 spiro atoms. The molecular formula is C13H25N5O2S. The van der Waals surface area contributed by atoms with Crippen LogP contribution in [0.15, 0.2) is 11.2 Å². The summed E-state index contributed by atoms with van der Waals surface area (Å²) in [5, 5.41) is 10.0. The van der Waals surface area contributed by atoms with Crippen molar-refractivity contribution in [3.8, 4) is 0 Å². The Labute approximate surface area is 126 Å². The molecule has 1 aromatic rings. The summed E-state index contributed by atoms with van der Waals surface area (Å²) in [6, 6.07) is 0.295. The number of aromatic nitrogens is 2. The molecule has 1 saturated heterocycles. The molecule has 120 valence electrons. The maximum atomic E-state index is 12.7. The zero-order chi connectivity index (χ0) is 15.5. The Balaban J connectivity index is 2.11. The van der Waals surface area contributed by atoms with Crippen molar-refractivity contribution in [3.63, 3.8) is 0 Å². The molecule has 0 radical (unpaired) electrons. The molecule has 1 fully saturated rings. The zero-order valence-corrected chi connectivity index (χ0v) is 13.8. The summed E-state index contributed by atoms with van der Waals surface area (Å²) in [4.78, 5) is 2.25. The van der Waals surface area contributed by atoms with Crippen LogP contribution in [0.4, 0.5) is 0 Å². The second kappa shape index (κ2) is 6.87. The molecule has 0 aliphatic carbocycles. The predicted molar refractivity (Wildman–Crippen MR) is 81.4 cm³/mol. The Morgan fingerprint density at radius 3 is 2.57 bits per heavy atom. The van der Waals surface area contributed by atoms with E-state index in [2.05, 4.69) is 27.3 Å². The summed E-state index contributed by atoms with van der Waals surface area (Å²) >= 11 is 0. The van der Waals surface area contributed by atoms with Crippen molar-refractivity contribution in [1.82, 2.24) is 24.7 Å². The molecule has 7 nitrogen and oxygen atoms in total. The highest BCUT2D eigenvalue weighted by Gasteiger charge is 2.31. The lowest BCUT2D eigenvalue weighted by molar-refractivity contribution is 0.196. The lowest BCUT2D eigenvalue weighted by atomic mass is 10.3. The molecule has 1 aromatic heterocycles. The van der Waals surface area contributed by atoms with Crippen molar-refractivity contribution < 1.29 is 8.42 Å². The highest BCUT2D eigenvalue weighted by atomic mass is 32.2. The van der Waals surface area contributed by atoms with Crippen LogP contribution in [0.1, 0.15) is 26.3 Å². The summed E-state index contributed by atoms with van der Waals surface area (Å²) in [7, 11) is -3.48. The van der Waals surface area contributed by atoms with Crippen LogP contribution in [-0.2, 0) is 16.6 Å². The van der Waals surface area contributed by atoms with Gasteiger partial charge in [0.1, 0.15) is 0 Å². The Hall–Kier alpha value is -0.960. The van der Waals surface area contributed by atoms with Crippen LogP contribution in [0.2, 0.25) is 0 Å². The van der Waals surface area contributed by atoms with Gasteiger partial charge in [0.15, 0.2) is 5.03 Å². The lowest BCUT2D eigenvalue weighted by Crippen LogP contribution is -2.48. The minimum Gasteiger partial charge on any atom is -0.310 e. The van der Waals surface area contributed by atoms with E-state index in [9.17, 15) is 8.42 Å². The smallest absolute Gasteiger partial charge is 0.260 e. The maximum Gasteiger partial charge on any atom is 0.260 e. The average molecular weight is 315 g/mol. The Morgan fingerprint density at radius 1 is 1.33 bits per heavy atom. The molecule has 2 N–H and O–H groups in total. The molecule has 0 bridgehead atoms. The molecule has 0 amide bonds. The fraction of sp³-hybridized carbons (Fsp3) is 0.769. The van der Waals surface area contributed by atoms with Gasteiger partial charge in [0.25, 0.3) is 10.0 Å². The molecule has 21 heavy (non-hydrogen) atoms. The highest BCUT2D eigenvalue weighted by molar-refractivity contribution is 7.89. The number of hydrogen-bond donors (Lipinski definition) is 2. The fourth-order valence-corrected chi connectivity index (χ4v) is 3.90. The summed E-state index contributed by atoms with van der Waals surface area (Å²) in [5.74, 6) is 0. The van der Waals surface area contributed by atoms with E-state index in [0.29, 0.717) is 31.2 Å². The first kappa shape index (κ1) is 16.4. The SMILES string of the molecule is CCN1CCN(S(=O)(=O)c2[nH]ncc2CNC(C)C)CC1. The number of sulfonamides is 1. The van der Waals surface area contributed by atoms with Gasteiger partial charge in [0.05, 0.1) is 6.20 Å². The largest absolute Gasteiger partial charge is 0.310 e. The number of hydrogen-bond acceptors (Lipinski definition) is 5. The van der Waals surface area contributed by atoms with Gasteiger partial charge >= 0.3 is 0 Å². The number of likely N-dealkylation sites (N-methyl/N-ethyl adjacent to an activating group) is 1. The van der Waals surface area contributed by atoms with Crippen LogP contribution >= 0.6 is 0 Å². The number of piperazine rings is 1. The molecule has 2 heterocycles. The third kappa shape index (κ3) is 3.82. The third-order valence-electron chi connectivity index (χ3n) is 3.76. The lowest BCUT2D eigenvalue weighted by Gasteiger charge is -2.33. The minimum absolute atomic E-state index is 0.223. The van der Waals surface area contributed by atoms with E-state index in [1.54, 1.807) is 10.5 Å². The van der Waals surface area contributed by atoms with E-state index >= 15 is 0 Å². The van der Waals surface area contributed by atoms with Crippen molar-refractivity contribution >= 4 is 10.0 Å². The summed E-state index contributed by atoms with van der Waals surface area (Å²) in [5.41, 5.74) is 0.696. The zero-order valence-electron chi connectivity index (χ0n) is 13.0. The monoisotopic (exact) mass is 315 g/mol. The minimum atomic E-state index is -3.48. The predicted octanol–water partition coefficient (Wildman–Crippen LogP) is 0.234. The third-order valence-corrected chi connectivity index (χ3v) is 5.67. The van der Waals surface area contributed by atoms with Gasteiger partial charge < -0.3 is 10.2 Å². The van der Waals surface area contributed by atoms with Crippen LogP contribution in [0, 0.1) is 0 Å². The Bertz CT molecular complexity index is 547. The normalized spacial score (nSPS) is 18.5. The second-order valence-corrected chi connectivity index (χ2v) is 7.47. The quantitative estimate of drug-likeness (QED) is 0.785. The molecule has 0 atom stereocenters. The van der Waals surface area contributed by atoms with E-state index in [-0.39, 0.29) is 5.03 Å². The van der Waals surface area contributed by atoms with Gasteiger partial charge in [-0.3, -0.25) is 5.10 Å². The van der Waals surface area contributed by atoms with Crippen LogP contribution in [0.3, 0.4) is 0 Å². The van der Waals surface area contributed by atoms with Crippen molar-refractivity contribution in [2.75, 3.05) is 32.7 Å². The van der Waals surface area contributed by atoms with Crippen LogP contribution in [0.25, 0.3) is 0 Å². The molecule has 0 aromatic carbocycles. The average Bonchev–Trinajstić information content (AvgIpc) is 2.94. The molecule has 2 rings (SSSR count). The topological polar surface area (TPSA) is 81.3 Å². The van der Waals surface area contributed by atoms with Crippen LogP contribution in [-0.4, -0.2) is 66.6 Å². The van der Waals surface area contributed by atoms with Gasteiger partial charge in [-0.15, -0.1) is 0 Å². The van der Waals surface area contributed by atoms with Gasteiger partial charge in [-0.05, 0) is 6.54 Å². The number of aromatic amines is 1. The van der Waals surface area contributed by atoms with Crippen LogP contribution in [0.5, 0.6) is 0 Å². The van der Waals surface area contributed by atoms with Crippen molar-refractivity contribution in [1.29, 1.82) is 0 Å². The van der Waals surface area contributed by atoms with Crippen molar-refractivity contribution in [2.24, 2.45) is 0 Å². The highest BCUT2D eigenvalue weighted by Crippen LogP contribution is 2.19. The standard InChI is InChI=1S/C13H25N5O2S/c1-4-17-5-7-18(8-6-17)21(19,20)13-12(10-15-16-13)9-14-11(2)3/h10-11,14H,4-9H2,1-3H3,(H,15,16). The molecule has 1 aliphatic heterocycles. The first-order valence-electron chi connectivity index (χ1n) is 7.43.